The lowest BCUT2D eigenvalue weighted by atomic mass is 9.97. The Morgan fingerprint density at radius 1 is 1.43 bits per heavy atom. The van der Waals surface area contributed by atoms with E-state index in [-0.39, 0.29) is 5.91 Å². The lowest BCUT2D eigenvalue weighted by Crippen LogP contribution is -2.16. The third kappa shape index (κ3) is 4.07. The third-order valence-corrected chi connectivity index (χ3v) is 4.41. The van der Waals surface area contributed by atoms with Crippen LogP contribution in [0.2, 0.25) is 0 Å². The topological polar surface area (TPSA) is 59.8 Å². The molecule has 0 bridgehead atoms. The van der Waals surface area contributed by atoms with Crippen molar-refractivity contribution in [3.63, 3.8) is 0 Å². The van der Waals surface area contributed by atoms with Crippen LogP contribution in [-0.4, -0.2) is 26.4 Å². The average molecular weight is 304 g/mol. The molecule has 5 nitrogen and oxygen atoms in total. The molecular weight excluding hydrogens is 284 g/mol. The summed E-state index contributed by atoms with van der Waals surface area (Å²) in [4.78, 5) is 12.1. The number of anilines is 1. The van der Waals surface area contributed by atoms with Crippen LogP contribution in [0.5, 0.6) is 0 Å². The average Bonchev–Trinajstić information content (AvgIpc) is 2.90. The smallest absolute Gasteiger partial charge is 0.234 e. The normalized spacial score (nSPS) is 12.1. The first-order chi connectivity index (χ1) is 10.1. The van der Waals surface area contributed by atoms with Crippen molar-refractivity contribution in [2.24, 2.45) is 7.05 Å². The summed E-state index contributed by atoms with van der Waals surface area (Å²) >= 11 is 1.38. The molecule has 0 spiro atoms. The van der Waals surface area contributed by atoms with Gasteiger partial charge < -0.3 is 9.88 Å². The van der Waals surface area contributed by atoms with Gasteiger partial charge in [-0.25, -0.2) is 0 Å². The molecule has 0 aliphatic carbocycles. The van der Waals surface area contributed by atoms with Crippen LogP contribution in [0, 0.1) is 0 Å². The van der Waals surface area contributed by atoms with Crippen LogP contribution in [0.4, 0.5) is 5.69 Å². The highest BCUT2D eigenvalue weighted by Crippen LogP contribution is 2.26. The SMILES string of the molecule is CCC(C)c1ccccc1NC(=O)CSc1nncn1C. The van der Waals surface area contributed by atoms with Crippen molar-refractivity contribution in [1.29, 1.82) is 0 Å². The van der Waals surface area contributed by atoms with Crippen molar-refractivity contribution in [3.8, 4) is 0 Å². The van der Waals surface area contributed by atoms with Gasteiger partial charge in [0.2, 0.25) is 5.91 Å². The molecule has 1 aromatic carbocycles. The molecule has 21 heavy (non-hydrogen) atoms. The van der Waals surface area contributed by atoms with Gasteiger partial charge in [-0.3, -0.25) is 4.79 Å². The predicted molar refractivity (Wildman–Crippen MR) is 85.5 cm³/mol. The van der Waals surface area contributed by atoms with Crippen LogP contribution in [0.25, 0.3) is 0 Å². The minimum atomic E-state index is -0.0289. The fraction of sp³-hybridized carbons (Fsp3) is 0.400. The monoisotopic (exact) mass is 304 g/mol. The second kappa shape index (κ2) is 7.26. The van der Waals surface area contributed by atoms with Crippen molar-refractivity contribution in [2.45, 2.75) is 31.3 Å². The first kappa shape index (κ1) is 15.6. The Bertz CT molecular complexity index is 611. The van der Waals surface area contributed by atoms with Gasteiger partial charge in [-0.1, -0.05) is 43.8 Å². The van der Waals surface area contributed by atoms with Crippen LogP contribution < -0.4 is 5.32 Å². The summed E-state index contributed by atoms with van der Waals surface area (Å²) in [6, 6.07) is 7.97. The van der Waals surface area contributed by atoms with Crippen LogP contribution in [0.3, 0.4) is 0 Å². The lowest BCUT2D eigenvalue weighted by molar-refractivity contribution is -0.113. The summed E-state index contributed by atoms with van der Waals surface area (Å²) in [7, 11) is 1.86. The zero-order valence-corrected chi connectivity index (χ0v) is 13.4. The number of rotatable bonds is 6. The molecule has 1 heterocycles. The number of aromatic nitrogens is 3. The van der Waals surface area contributed by atoms with Crippen molar-refractivity contribution in [3.05, 3.63) is 36.2 Å². The minimum absolute atomic E-state index is 0.0289. The van der Waals surface area contributed by atoms with Gasteiger partial charge in [0.05, 0.1) is 5.75 Å². The predicted octanol–water partition coefficient (Wildman–Crippen LogP) is 3.06. The van der Waals surface area contributed by atoms with Gasteiger partial charge in [0.25, 0.3) is 0 Å². The summed E-state index contributed by atoms with van der Waals surface area (Å²) in [5.41, 5.74) is 2.08. The molecule has 1 unspecified atom stereocenters. The van der Waals surface area contributed by atoms with Crippen molar-refractivity contribution < 1.29 is 4.79 Å². The molecule has 2 aromatic rings. The highest BCUT2D eigenvalue weighted by Gasteiger charge is 2.12. The summed E-state index contributed by atoms with van der Waals surface area (Å²) in [6.07, 6.45) is 2.67. The fourth-order valence-electron chi connectivity index (χ4n) is 1.98. The Morgan fingerprint density at radius 3 is 2.86 bits per heavy atom. The third-order valence-electron chi connectivity index (χ3n) is 3.38. The van der Waals surface area contributed by atoms with E-state index in [1.54, 1.807) is 10.9 Å². The molecule has 0 fully saturated rings. The highest BCUT2D eigenvalue weighted by molar-refractivity contribution is 7.99. The molecular formula is C15H20N4OS. The van der Waals surface area contributed by atoms with E-state index in [1.165, 1.54) is 17.3 Å². The number of nitrogens with one attached hydrogen (secondary N) is 1. The molecule has 112 valence electrons. The number of benzene rings is 1. The molecule has 1 amide bonds. The first-order valence-corrected chi connectivity index (χ1v) is 7.96. The van der Waals surface area contributed by atoms with Gasteiger partial charge in [0, 0.05) is 12.7 Å². The summed E-state index contributed by atoms with van der Waals surface area (Å²) in [5.74, 6) is 0.716. The number of hydrogen-bond donors (Lipinski definition) is 1. The van der Waals surface area contributed by atoms with E-state index < -0.39 is 0 Å². The number of amides is 1. The highest BCUT2D eigenvalue weighted by atomic mass is 32.2. The van der Waals surface area contributed by atoms with Crippen LogP contribution >= 0.6 is 11.8 Å². The first-order valence-electron chi connectivity index (χ1n) is 6.97. The number of carbonyl (C=O) groups is 1. The van der Waals surface area contributed by atoms with Crippen LogP contribution in [0.15, 0.2) is 35.7 Å². The zero-order chi connectivity index (χ0) is 15.2. The maximum atomic E-state index is 12.1. The molecule has 0 aliphatic heterocycles. The molecule has 1 atom stereocenters. The van der Waals surface area contributed by atoms with Crippen LogP contribution in [0.1, 0.15) is 31.7 Å². The standard InChI is InChI=1S/C15H20N4OS/c1-4-11(2)12-7-5-6-8-13(12)17-14(20)9-21-15-18-16-10-19(15)3/h5-8,10-11H,4,9H2,1-3H3,(H,17,20). The number of carbonyl (C=O) groups excluding carboxylic acids is 1. The van der Waals surface area contributed by atoms with Gasteiger partial charge >= 0.3 is 0 Å². The number of para-hydroxylation sites is 1. The maximum Gasteiger partial charge on any atom is 0.234 e. The number of nitrogens with zero attached hydrogens (tertiary/aromatic N) is 3. The Morgan fingerprint density at radius 2 is 2.19 bits per heavy atom. The Balaban J connectivity index is 1.98. The van der Waals surface area contributed by atoms with E-state index in [4.69, 9.17) is 0 Å². The van der Waals surface area contributed by atoms with Gasteiger partial charge in [-0.15, -0.1) is 10.2 Å². The lowest BCUT2D eigenvalue weighted by Gasteiger charge is -2.15. The molecule has 6 heteroatoms. The maximum absolute atomic E-state index is 12.1. The number of hydrogen-bond acceptors (Lipinski definition) is 4. The van der Waals surface area contributed by atoms with E-state index in [2.05, 4.69) is 35.4 Å². The molecule has 1 N–H and O–H groups in total. The second-order valence-electron chi connectivity index (χ2n) is 4.96. The molecule has 0 saturated carbocycles. The summed E-state index contributed by atoms with van der Waals surface area (Å²) < 4.78 is 1.80. The Kier molecular flexibility index (Phi) is 5.38. The molecule has 0 aliphatic rings. The summed E-state index contributed by atoms with van der Waals surface area (Å²) in [5, 5.41) is 11.5. The molecule has 1 aromatic heterocycles. The number of thioether (sulfide) groups is 1. The zero-order valence-electron chi connectivity index (χ0n) is 12.5. The van der Waals surface area contributed by atoms with Gasteiger partial charge in [0.15, 0.2) is 5.16 Å². The van der Waals surface area contributed by atoms with Crippen LogP contribution in [-0.2, 0) is 11.8 Å². The van der Waals surface area contributed by atoms with Gasteiger partial charge in [-0.2, -0.15) is 0 Å². The summed E-state index contributed by atoms with van der Waals surface area (Å²) in [6.45, 7) is 4.31. The Hall–Kier alpha value is -1.82. The fourth-order valence-corrected chi connectivity index (χ4v) is 2.67. The van der Waals surface area contributed by atoms with E-state index in [9.17, 15) is 4.79 Å². The van der Waals surface area contributed by atoms with Crippen molar-refractivity contribution >= 4 is 23.4 Å². The minimum Gasteiger partial charge on any atom is -0.325 e. The van der Waals surface area contributed by atoms with E-state index in [0.29, 0.717) is 11.7 Å². The second-order valence-corrected chi connectivity index (χ2v) is 5.90. The molecule has 0 saturated heterocycles. The Labute approximate surface area is 129 Å². The van der Waals surface area contributed by atoms with E-state index >= 15 is 0 Å². The van der Waals surface area contributed by atoms with E-state index in [1.807, 2.05) is 25.2 Å². The van der Waals surface area contributed by atoms with Gasteiger partial charge in [-0.05, 0) is 24.0 Å². The molecule has 0 radical (unpaired) electrons. The van der Waals surface area contributed by atoms with E-state index in [0.717, 1.165) is 17.3 Å². The number of aryl methyl sites for hydroxylation is 1. The van der Waals surface area contributed by atoms with Crippen molar-refractivity contribution in [2.75, 3.05) is 11.1 Å². The van der Waals surface area contributed by atoms with Crippen molar-refractivity contribution in [1.82, 2.24) is 14.8 Å². The molecule has 2 rings (SSSR count). The largest absolute Gasteiger partial charge is 0.325 e. The quantitative estimate of drug-likeness (QED) is 0.833. The van der Waals surface area contributed by atoms with Gasteiger partial charge in [0.1, 0.15) is 6.33 Å².